The molecule has 0 amide bonds. The van der Waals surface area contributed by atoms with Crippen molar-refractivity contribution in [3.05, 3.63) is 39.9 Å². The number of benzene rings is 1. The predicted molar refractivity (Wildman–Crippen MR) is 98.0 cm³/mol. The van der Waals surface area contributed by atoms with Crippen LogP contribution in [0.3, 0.4) is 0 Å². The summed E-state index contributed by atoms with van der Waals surface area (Å²) in [6.07, 6.45) is 11.5. The lowest BCUT2D eigenvalue weighted by Crippen LogP contribution is -2.21. The van der Waals surface area contributed by atoms with Crippen molar-refractivity contribution in [2.45, 2.75) is 71.6 Å². The number of aryl methyl sites for hydroxylation is 2. The molecule has 0 saturated carbocycles. The number of aromatic nitrogens is 2. The highest BCUT2D eigenvalue weighted by Gasteiger charge is 2.09. The third kappa shape index (κ3) is 4.66. The van der Waals surface area contributed by atoms with Crippen molar-refractivity contribution in [3.63, 3.8) is 0 Å². The van der Waals surface area contributed by atoms with E-state index >= 15 is 0 Å². The van der Waals surface area contributed by atoms with Crippen LogP contribution >= 0.6 is 0 Å². The van der Waals surface area contributed by atoms with E-state index < -0.39 is 0 Å². The van der Waals surface area contributed by atoms with Gasteiger partial charge in [0.1, 0.15) is 5.82 Å². The van der Waals surface area contributed by atoms with Gasteiger partial charge in [-0.3, -0.25) is 9.36 Å². The average Bonchev–Trinajstić information content (AvgIpc) is 2.55. The molecule has 0 aliphatic heterocycles. The van der Waals surface area contributed by atoms with E-state index in [9.17, 15) is 4.79 Å². The molecule has 0 N–H and O–H groups in total. The molecule has 126 valence electrons. The zero-order valence-electron chi connectivity index (χ0n) is 14.9. The molecule has 0 atom stereocenters. The Morgan fingerprint density at radius 2 is 1.65 bits per heavy atom. The van der Waals surface area contributed by atoms with E-state index in [0.29, 0.717) is 0 Å². The van der Waals surface area contributed by atoms with Crippen LogP contribution in [-0.4, -0.2) is 9.55 Å². The van der Waals surface area contributed by atoms with Crippen molar-refractivity contribution in [1.29, 1.82) is 0 Å². The number of hydrogen-bond acceptors (Lipinski definition) is 2. The van der Waals surface area contributed by atoms with Gasteiger partial charge in [-0.25, -0.2) is 4.98 Å². The summed E-state index contributed by atoms with van der Waals surface area (Å²) in [6, 6.07) is 6.05. The van der Waals surface area contributed by atoms with Gasteiger partial charge < -0.3 is 0 Å². The molecule has 1 heterocycles. The fraction of sp³-hybridized carbons (Fsp3) is 0.600. The van der Waals surface area contributed by atoms with Gasteiger partial charge in [0.05, 0.1) is 10.9 Å². The van der Waals surface area contributed by atoms with E-state index in [2.05, 4.69) is 18.0 Å². The second kappa shape index (κ2) is 8.85. The molecule has 0 fully saturated rings. The van der Waals surface area contributed by atoms with E-state index in [0.717, 1.165) is 35.1 Å². The zero-order chi connectivity index (χ0) is 16.7. The Morgan fingerprint density at radius 1 is 1.00 bits per heavy atom. The molecule has 1 aromatic carbocycles. The first-order valence-corrected chi connectivity index (χ1v) is 9.10. The summed E-state index contributed by atoms with van der Waals surface area (Å²) in [4.78, 5) is 17.1. The molecule has 2 rings (SSSR count). The Kier molecular flexibility index (Phi) is 6.82. The predicted octanol–water partition coefficient (Wildman–Crippen LogP) is 4.93. The van der Waals surface area contributed by atoms with Gasteiger partial charge in [0.2, 0.25) is 0 Å². The van der Waals surface area contributed by atoms with Gasteiger partial charge in [0.15, 0.2) is 0 Å². The van der Waals surface area contributed by atoms with Gasteiger partial charge in [0.25, 0.3) is 5.56 Å². The topological polar surface area (TPSA) is 34.9 Å². The summed E-state index contributed by atoms with van der Waals surface area (Å²) >= 11 is 0. The van der Waals surface area contributed by atoms with Gasteiger partial charge in [-0.05, 0) is 31.4 Å². The first-order chi connectivity index (χ1) is 11.1. The molecule has 0 unspecified atom stereocenters. The summed E-state index contributed by atoms with van der Waals surface area (Å²) in [7, 11) is 1.80. The van der Waals surface area contributed by atoms with Crippen LogP contribution in [0.1, 0.15) is 69.7 Å². The summed E-state index contributed by atoms with van der Waals surface area (Å²) in [5.41, 5.74) is 2.08. The molecule has 3 nitrogen and oxygen atoms in total. The standard InChI is InChI=1S/C20H30N2O/c1-4-5-6-7-8-9-10-11-13-17-14-12-15-18-19(17)20(23)22(3)16(2)21-18/h12,14-15H,4-11,13H2,1-3H3. The molecular formula is C20H30N2O. The van der Waals surface area contributed by atoms with Crippen LogP contribution in [0, 0.1) is 6.92 Å². The molecule has 1 aromatic heterocycles. The fourth-order valence-corrected chi connectivity index (χ4v) is 3.15. The molecule has 23 heavy (non-hydrogen) atoms. The van der Waals surface area contributed by atoms with Crippen molar-refractivity contribution in [2.75, 3.05) is 0 Å². The van der Waals surface area contributed by atoms with E-state index in [1.807, 2.05) is 19.1 Å². The Morgan fingerprint density at radius 3 is 2.35 bits per heavy atom. The normalized spacial score (nSPS) is 11.3. The summed E-state index contributed by atoms with van der Waals surface area (Å²) in [5.74, 6) is 0.770. The molecular weight excluding hydrogens is 284 g/mol. The van der Waals surface area contributed by atoms with E-state index in [1.165, 1.54) is 44.9 Å². The fourth-order valence-electron chi connectivity index (χ4n) is 3.15. The van der Waals surface area contributed by atoms with Gasteiger partial charge >= 0.3 is 0 Å². The lowest BCUT2D eigenvalue weighted by molar-refractivity contribution is 0.576. The number of rotatable bonds is 9. The minimum atomic E-state index is 0.0858. The molecule has 3 heteroatoms. The Balaban J connectivity index is 1.93. The number of hydrogen-bond donors (Lipinski definition) is 0. The van der Waals surface area contributed by atoms with Crippen LogP contribution in [0.2, 0.25) is 0 Å². The quantitative estimate of drug-likeness (QED) is 0.615. The molecule has 0 aliphatic carbocycles. The summed E-state index contributed by atoms with van der Waals surface area (Å²) < 4.78 is 1.65. The van der Waals surface area contributed by atoms with Gasteiger partial charge in [-0.1, -0.05) is 64.0 Å². The van der Waals surface area contributed by atoms with Crippen molar-refractivity contribution < 1.29 is 0 Å². The SMILES string of the molecule is CCCCCCCCCCc1cccc2nc(C)n(C)c(=O)c12. The summed E-state index contributed by atoms with van der Waals surface area (Å²) in [6.45, 7) is 4.14. The van der Waals surface area contributed by atoms with Crippen LogP contribution in [-0.2, 0) is 13.5 Å². The van der Waals surface area contributed by atoms with Crippen molar-refractivity contribution in [1.82, 2.24) is 9.55 Å². The van der Waals surface area contributed by atoms with Crippen molar-refractivity contribution in [2.24, 2.45) is 7.05 Å². The molecule has 2 aromatic rings. The highest BCUT2D eigenvalue weighted by Crippen LogP contribution is 2.17. The maximum absolute atomic E-state index is 12.5. The number of unbranched alkanes of at least 4 members (excludes halogenated alkanes) is 7. The maximum atomic E-state index is 12.5. The molecule has 0 spiro atoms. The van der Waals surface area contributed by atoms with Gasteiger partial charge in [-0.2, -0.15) is 0 Å². The maximum Gasteiger partial charge on any atom is 0.261 e. The smallest absolute Gasteiger partial charge is 0.261 e. The third-order valence-electron chi connectivity index (χ3n) is 4.71. The molecule has 0 saturated heterocycles. The van der Waals surface area contributed by atoms with Crippen molar-refractivity contribution >= 4 is 10.9 Å². The van der Waals surface area contributed by atoms with Crippen LogP contribution < -0.4 is 5.56 Å². The molecule has 0 bridgehead atoms. The monoisotopic (exact) mass is 314 g/mol. The summed E-state index contributed by atoms with van der Waals surface area (Å²) in [5, 5.41) is 0.809. The van der Waals surface area contributed by atoms with Crippen LogP contribution in [0.4, 0.5) is 0 Å². The highest BCUT2D eigenvalue weighted by atomic mass is 16.1. The van der Waals surface area contributed by atoms with E-state index in [1.54, 1.807) is 11.6 Å². The molecule has 0 aliphatic rings. The Bertz CT molecular complexity index is 688. The van der Waals surface area contributed by atoms with E-state index in [-0.39, 0.29) is 5.56 Å². The first-order valence-electron chi connectivity index (χ1n) is 9.10. The largest absolute Gasteiger partial charge is 0.299 e. The third-order valence-corrected chi connectivity index (χ3v) is 4.71. The second-order valence-corrected chi connectivity index (χ2v) is 6.56. The van der Waals surface area contributed by atoms with Crippen LogP contribution in [0.15, 0.2) is 23.0 Å². The second-order valence-electron chi connectivity index (χ2n) is 6.56. The lowest BCUT2D eigenvalue weighted by atomic mass is 10.0. The van der Waals surface area contributed by atoms with E-state index in [4.69, 9.17) is 0 Å². The van der Waals surface area contributed by atoms with Crippen LogP contribution in [0.5, 0.6) is 0 Å². The average molecular weight is 314 g/mol. The lowest BCUT2D eigenvalue weighted by Gasteiger charge is -2.09. The Labute approximate surface area is 139 Å². The van der Waals surface area contributed by atoms with Gasteiger partial charge in [-0.15, -0.1) is 0 Å². The highest BCUT2D eigenvalue weighted by molar-refractivity contribution is 5.81. The Hall–Kier alpha value is -1.64. The zero-order valence-corrected chi connectivity index (χ0v) is 14.9. The minimum Gasteiger partial charge on any atom is -0.299 e. The first kappa shape index (κ1) is 17.7. The molecule has 0 radical (unpaired) electrons. The van der Waals surface area contributed by atoms with Crippen LogP contribution in [0.25, 0.3) is 10.9 Å². The van der Waals surface area contributed by atoms with Gasteiger partial charge in [0, 0.05) is 7.05 Å². The number of nitrogens with zero attached hydrogens (tertiary/aromatic N) is 2. The number of fused-ring (bicyclic) bond motifs is 1. The van der Waals surface area contributed by atoms with Crippen molar-refractivity contribution in [3.8, 4) is 0 Å². The minimum absolute atomic E-state index is 0.0858.